The van der Waals surface area contributed by atoms with Gasteiger partial charge in [0, 0.05) is 0 Å². The number of nitrogens with two attached hydrogens (primary N) is 1. The van der Waals surface area contributed by atoms with E-state index in [-0.39, 0.29) is 6.73 Å². The number of hydrogen-bond acceptors (Lipinski definition) is 3. The Balaban J connectivity index is 2.52. The first-order chi connectivity index (χ1) is 5.33. The lowest BCUT2D eigenvalue weighted by Crippen LogP contribution is -2.07. The maximum atomic E-state index is 5.06. The van der Waals surface area contributed by atoms with Crippen LogP contribution in [0, 0.1) is 6.92 Å². The van der Waals surface area contributed by atoms with Gasteiger partial charge in [-0.25, -0.2) is 0 Å². The third-order valence-electron chi connectivity index (χ3n) is 1.24. The Bertz CT molecular complexity index is 208. The van der Waals surface area contributed by atoms with Gasteiger partial charge < -0.3 is 10.6 Å². The van der Waals surface area contributed by atoms with Gasteiger partial charge in [0.05, 0.1) is 0 Å². The van der Waals surface area contributed by atoms with E-state index < -0.39 is 0 Å². The number of aryl methyl sites for hydroxylation is 1. The van der Waals surface area contributed by atoms with Crippen molar-refractivity contribution in [1.29, 1.82) is 0 Å². The molecule has 0 aliphatic heterocycles. The van der Waals surface area contributed by atoms with Crippen LogP contribution < -0.4 is 10.6 Å². The standard InChI is InChI=1S/C8H11NO2/c1-7-2-4-8(5-3-7)11-10-6-9/h2-5H,6,9H2,1H3. The smallest absolute Gasteiger partial charge is 0.165 e. The van der Waals surface area contributed by atoms with E-state index in [1.807, 2.05) is 31.2 Å². The van der Waals surface area contributed by atoms with E-state index in [4.69, 9.17) is 10.6 Å². The molecule has 3 heteroatoms. The minimum Gasteiger partial charge on any atom is -0.336 e. The molecule has 0 aliphatic rings. The summed E-state index contributed by atoms with van der Waals surface area (Å²) in [4.78, 5) is 9.32. The Morgan fingerprint density at radius 1 is 1.27 bits per heavy atom. The molecule has 2 N–H and O–H groups in total. The summed E-state index contributed by atoms with van der Waals surface area (Å²) in [7, 11) is 0. The van der Waals surface area contributed by atoms with E-state index in [2.05, 4.69) is 4.89 Å². The van der Waals surface area contributed by atoms with Gasteiger partial charge in [0.15, 0.2) is 5.75 Å². The molecule has 0 fully saturated rings. The molecular formula is C8H11NO2. The molecule has 11 heavy (non-hydrogen) atoms. The minimum atomic E-state index is 0.0634. The lowest BCUT2D eigenvalue weighted by atomic mass is 10.2. The Labute approximate surface area is 65.7 Å². The fraction of sp³-hybridized carbons (Fsp3) is 0.250. The molecule has 0 amide bonds. The first kappa shape index (κ1) is 8.04. The van der Waals surface area contributed by atoms with Crippen LogP contribution in [0.2, 0.25) is 0 Å². The van der Waals surface area contributed by atoms with Gasteiger partial charge >= 0.3 is 0 Å². The second-order valence-electron chi connectivity index (χ2n) is 2.18. The second kappa shape index (κ2) is 3.95. The van der Waals surface area contributed by atoms with Gasteiger partial charge in [-0.15, -0.1) is 0 Å². The molecule has 3 nitrogen and oxygen atoms in total. The van der Waals surface area contributed by atoms with E-state index >= 15 is 0 Å². The van der Waals surface area contributed by atoms with Gasteiger partial charge in [-0.2, -0.15) is 4.89 Å². The third kappa shape index (κ3) is 2.57. The Morgan fingerprint density at radius 3 is 2.45 bits per heavy atom. The average molecular weight is 153 g/mol. The SMILES string of the molecule is Cc1ccc(OOCN)cc1. The van der Waals surface area contributed by atoms with Crippen LogP contribution >= 0.6 is 0 Å². The van der Waals surface area contributed by atoms with E-state index in [9.17, 15) is 0 Å². The van der Waals surface area contributed by atoms with Crippen molar-refractivity contribution in [3.8, 4) is 5.75 Å². The second-order valence-corrected chi connectivity index (χ2v) is 2.18. The normalized spacial score (nSPS) is 9.64. The summed E-state index contributed by atoms with van der Waals surface area (Å²) >= 11 is 0. The van der Waals surface area contributed by atoms with Crippen molar-refractivity contribution in [3.05, 3.63) is 29.8 Å². The highest BCUT2D eigenvalue weighted by Crippen LogP contribution is 2.10. The van der Waals surface area contributed by atoms with Crippen LogP contribution in [0.5, 0.6) is 5.75 Å². The molecule has 0 aromatic heterocycles. The molecule has 1 aromatic rings. The quantitative estimate of drug-likeness (QED) is 0.403. The zero-order valence-electron chi connectivity index (χ0n) is 6.41. The first-order valence-corrected chi connectivity index (χ1v) is 3.39. The van der Waals surface area contributed by atoms with Crippen LogP contribution in [-0.2, 0) is 4.89 Å². The summed E-state index contributed by atoms with van der Waals surface area (Å²) in [6.07, 6.45) is 0. The van der Waals surface area contributed by atoms with E-state index in [0.717, 1.165) is 0 Å². The summed E-state index contributed by atoms with van der Waals surface area (Å²) in [6.45, 7) is 2.07. The molecule has 60 valence electrons. The fourth-order valence-corrected chi connectivity index (χ4v) is 0.696. The average Bonchev–Trinajstić information content (AvgIpc) is 2.04. The molecule has 0 saturated carbocycles. The van der Waals surface area contributed by atoms with Gasteiger partial charge in [-0.05, 0) is 19.1 Å². The van der Waals surface area contributed by atoms with Crippen molar-refractivity contribution in [2.24, 2.45) is 5.73 Å². The molecular weight excluding hydrogens is 142 g/mol. The van der Waals surface area contributed by atoms with Crippen LogP contribution in [0.25, 0.3) is 0 Å². The lowest BCUT2D eigenvalue weighted by Gasteiger charge is -2.01. The van der Waals surface area contributed by atoms with Crippen LogP contribution in [0.3, 0.4) is 0 Å². The highest BCUT2D eigenvalue weighted by atomic mass is 17.2. The summed E-state index contributed by atoms with van der Waals surface area (Å²) in [5.74, 6) is 0.668. The van der Waals surface area contributed by atoms with Crippen LogP contribution in [0.4, 0.5) is 0 Å². The van der Waals surface area contributed by atoms with Gasteiger partial charge in [-0.1, -0.05) is 17.7 Å². The Morgan fingerprint density at radius 2 is 1.91 bits per heavy atom. The predicted molar refractivity (Wildman–Crippen MR) is 41.9 cm³/mol. The highest BCUT2D eigenvalue weighted by molar-refractivity contribution is 5.25. The molecule has 0 unspecified atom stereocenters. The molecule has 0 radical (unpaired) electrons. The predicted octanol–water partition coefficient (Wildman–Crippen LogP) is 1.22. The molecule has 0 atom stereocenters. The first-order valence-electron chi connectivity index (χ1n) is 3.39. The summed E-state index contributed by atoms with van der Waals surface area (Å²) in [6, 6.07) is 7.53. The van der Waals surface area contributed by atoms with E-state index in [0.29, 0.717) is 5.75 Å². The number of rotatable bonds is 3. The maximum absolute atomic E-state index is 5.06. The third-order valence-corrected chi connectivity index (χ3v) is 1.24. The summed E-state index contributed by atoms with van der Waals surface area (Å²) in [5, 5.41) is 0. The number of benzene rings is 1. The Kier molecular flexibility index (Phi) is 2.89. The van der Waals surface area contributed by atoms with Crippen LogP contribution in [-0.4, -0.2) is 6.73 Å². The lowest BCUT2D eigenvalue weighted by molar-refractivity contribution is -0.204. The van der Waals surface area contributed by atoms with Crippen molar-refractivity contribution >= 4 is 0 Å². The molecule has 0 saturated heterocycles. The Hall–Kier alpha value is -1.06. The van der Waals surface area contributed by atoms with Crippen LogP contribution in [0.15, 0.2) is 24.3 Å². The van der Waals surface area contributed by atoms with Crippen molar-refractivity contribution < 1.29 is 9.78 Å². The van der Waals surface area contributed by atoms with Crippen molar-refractivity contribution in [3.63, 3.8) is 0 Å². The van der Waals surface area contributed by atoms with E-state index in [1.54, 1.807) is 0 Å². The topological polar surface area (TPSA) is 44.5 Å². The van der Waals surface area contributed by atoms with Crippen molar-refractivity contribution in [1.82, 2.24) is 0 Å². The molecule has 0 spiro atoms. The monoisotopic (exact) mass is 153 g/mol. The largest absolute Gasteiger partial charge is 0.336 e. The maximum Gasteiger partial charge on any atom is 0.165 e. The zero-order chi connectivity index (χ0) is 8.10. The van der Waals surface area contributed by atoms with Crippen LogP contribution in [0.1, 0.15) is 5.56 Å². The molecule has 0 heterocycles. The van der Waals surface area contributed by atoms with Gasteiger partial charge in [0.1, 0.15) is 6.73 Å². The summed E-state index contributed by atoms with van der Waals surface area (Å²) in [5.41, 5.74) is 6.24. The van der Waals surface area contributed by atoms with Crippen molar-refractivity contribution in [2.75, 3.05) is 6.73 Å². The highest BCUT2D eigenvalue weighted by Gasteiger charge is 1.91. The van der Waals surface area contributed by atoms with Crippen molar-refractivity contribution in [2.45, 2.75) is 6.92 Å². The molecule has 1 aromatic carbocycles. The molecule has 0 aliphatic carbocycles. The number of hydrogen-bond donors (Lipinski definition) is 1. The fourth-order valence-electron chi connectivity index (χ4n) is 0.696. The van der Waals surface area contributed by atoms with Gasteiger partial charge in [-0.3, -0.25) is 0 Å². The van der Waals surface area contributed by atoms with Gasteiger partial charge in [0.25, 0.3) is 0 Å². The zero-order valence-corrected chi connectivity index (χ0v) is 6.41. The molecule has 1 rings (SSSR count). The minimum absolute atomic E-state index is 0.0634. The molecule has 0 bridgehead atoms. The van der Waals surface area contributed by atoms with Gasteiger partial charge in [0.2, 0.25) is 0 Å². The van der Waals surface area contributed by atoms with E-state index in [1.165, 1.54) is 5.56 Å². The summed E-state index contributed by atoms with van der Waals surface area (Å²) < 4.78 is 0.